The van der Waals surface area contributed by atoms with E-state index in [1.165, 1.54) is 43.3 Å². The van der Waals surface area contributed by atoms with Crippen molar-refractivity contribution in [2.45, 2.75) is 50.4 Å². The van der Waals surface area contributed by atoms with E-state index in [0.717, 1.165) is 0 Å². The van der Waals surface area contributed by atoms with Crippen molar-refractivity contribution in [2.75, 3.05) is 12.0 Å². The number of aromatic nitrogens is 2. The number of carbonyl (C=O) groups is 4. The Morgan fingerprint density at radius 3 is 2.22 bits per heavy atom. The maximum Gasteiger partial charge on any atom is 0.325 e. The number of nitrogens with zero attached hydrogens (tertiary/aromatic N) is 1. The van der Waals surface area contributed by atoms with Gasteiger partial charge in [0, 0.05) is 24.7 Å². The zero-order valence-corrected chi connectivity index (χ0v) is 20.9. The van der Waals surface area contributed by atoms with E-state index in [2.05, 4.69) is 25.9 Å². The van der Waals surface area contributed by atoms with Gasteiger partial charge >= 0.3 is 5.97 Å². The number of nitrogens with one attached hydrogen (secondary N) is 4. The maximum absolute atomic E-state index is 13.3. The Morgan fingerprint density at radius 2 is 1.64 bits per heavy atom. The van der Waals surface area contributed by atoms with Gasteiger partial charge in [-0.25, -0.2) is 4.98 Å². The van der Waals surface area contributed by atoms with Gasteiger partial charge in [0.2, 0.25) is 17.7 Å². The maximum atomic E-state index is 13.3. The standard InChI is InChI=1S/C23H32N6O6S/c1-13(23(34)35)27-21(32)19(10-15-11-25-12-26-15)29-22(33)18(9-14-3-5-16(30)6-4-14)28-20(31)17(24)7-8-36-2/h3-6,11-13,17-19,30H,7-10,24H2,1-2H3,(H,25,26)(H,27,32)(H,28,31)(H,29,33)(H,34,35). The number of aromatic amines is 1. The molecule has 0 aliphatic carbocycles. The van der Waals surface area contributed by atoms with Gasteiger partial charge in [0.1, 0.15) is 23.9 Å². The van der Waals surface area contributed by atoms with Crippen LogP contribution in [0.3, 0.4) is 0 Å². The average Bonchev–Trinajstić information content (AvgIpc) is 3.35. The highest BCUT2D eigenvalue weighted by atomic mass is 32.2. The number of hydrogen-bond acceptors (Lipinski definition) is 8. The smallest absolute Gasteiger partial charge is 0.325 e. The molecular weight excluding hydrogens is 488 g/mol. The number of phenolic OH excluding ortho intramolecular Hbond substituents is 1. The highest BCUT2D eigenvalue weighted by Crippen LogP contribution is 2.12. The minimum Gasteiger partial charge on any atom is -0.508 e. The summed E-state index contributed by atoms with van der Waals surface area (Å²) in [6.07, 6.45) is 5.28. The van der Waals surface area contributed by atoms with Crippen molar-refractivity contribution in [3.8, 4) is 5.75 Å². The summed E-state index contributed by atoms with van der Waals surface area (Å²) >= 11 is 1.54. The Labute approximate surface area is 212 Å². The first-order valence-electron chi connectivity index (χ1n) is 11.2. The summed E-state index contributed by atoms with van der Waals surface area (Å²) in [4.78, 5) is 56.7. The van der Waals surface area contributed by atoms with E-state index >= 15 is 0 Å². The molecule has 196 valence electrons. The SMILES string of the molecule is CSCCC(N)C(=O)NC(Cc1ccc(O)cc1)C(=O)NC(Cc1cnc[nH]1)C(=O)NC(C)C(=O)O. The summed E-state index contributed by atoms with van der Waals surface area (Å²) in [6.45, 7) is 1.30. The second-order valence-corrected chi connectivity index (χ2v) is 9.22. The molecule has 36 heavy (non-hydrogen) atoms. The van der Waals surface area contributed by atoms with Gasteiger partial charge in [-0.15, -0.1) is 0 Å². The van der Waals surface area contributed by atoms with E-state index in [9.17, 15) is 24.3 Å². The minimum absolute atomic E-state index is 0.0109. The molecule has 0 spiro atoms. The largest absolute Gasteiger partial charge is 0.508 e. The molecule has 0 radical (unpaired) electrons. The van der Waals surface area contributed by atoms with Crippen LogP contribution in [0.4, 0.5) is 0 Å². The third-order valence-corrected chi connectivity index (χ3v) is 5.96. The van der Waals surface area contributed by atoms with Gasteiger partial charge in [0.15, 0.2) is 0 Å². The fourth-order valence-corrected chi connectivity index (χ4v) is 3.69. The van der Waals surface area contributed by atoms with Crippen molar-refractivity contribution in [2.24, 2.45) is 5.73 Å². The summed E-state index contributed by atoms with van der Waals surface area (Å²) in [5.74, 6) is -2.40. The van der Waals surface area contributed by atoms with Crippen LogP contribution in [-0.2, 0) is 32.0 Å². The molecule has 0 saturated heterocycles. The van der Waals surface area contributed by atoms with Crippen LogP contribution < -0.4 is 21.7 Å². The fraction of sp³-hybridized carbons (Fsp3) is 0.435. The molecule has 0 saturated carbocycles. The third-order valence-electron chi connectivity index (χ3n) is 5.32. The van der Waals surface area contributed by atoms with Crippen LogP contribution >= 0.6 is 11.8 Å². The number of benzene rings is 1. The molecule has 12 nitrogen and oxygen atoms in total. The van der Waals surface area contributed by atoms with Crippen LogP contribution in [0.15, 0.2) is 36.8 Å². The van der Waals surface area contributed by atoms with Gasteiger partial charge in [-0.05, 0) is 43.0 Å². The number of hydrogen-bond donors (Lipinski definition) is 7. The van der Waals surface area contributed by atoms with E-state index in [0.29, 0.717) is 23.4 Å². The Morgan fingerprint density at radius 1 is 1.03 bits per heavy atom. The second-order valence-electron chi connectivity index (χ2n) is 8.23. The lowest BCUT2D eigenvalue weighted by molar-refractivity contribution is -0.141. The number of phenols is 1. The molecule has 13 heteroatoms. The predicted octanol–water partition coefficient (Wildman–Crippen LogP) is -0.460. The fourth-order valence-electron chi connectivity index (χ4n) is 3.21. The molecule has 0 aliphatic rings. The Hall–Kier alpha value is -3.58. The van der Waals surface area contributed by atoms with Crippen LogP contribution in [0.1, 0.15) is 24.6 Å². The van der Waals surface area contributed by atoms with Crippen LogP contribution in [0.2, 0.25) is 0 Å². The Bertz CT molecular complexity index is 1020. The van der Waals surface area contributed by atoms with Gasteiger partial charge < -0.3 is 36.9 Å². The van der Waals surface area contributed by atoms with Gasteiger partial charge in [-0.1, -0.05) is 12.1 Å². The van der Waals surface area contributed by atoms with Crippen molar-refractivity contribution < 1.29 is 29.4 Å². The highest BCUT2D eigenvalue weighted by Gasteiger charge is 2.30. The van der Waals surface area contributed by atoms with Crippen LogP contribution in [0.5, 0.6) is 5.75 Å². The molecule has 2 rings (SSSR count). The summed E-state index contributed by atoms with van der Waals surface area (Å²) in [5.41, 5.74) is 7.16. The lowest BCUT2D eigenvalue weighted by atomic mass is 10.0. The molecule has 2 aromatic rings. The van der Waals surface area contributed by atoms with E-state index < -0.39 is 47.9 Å². The Kier molecular flexibility index (Phi) is 11.2. The number of amides is 3. The van der Waals surface area contributed by atoms with Crippen molar-refractivity contribution in [3.63, 3.8) is 0 Å². The van der Waals surface area contributed by atoms with Gasteiger partial charge in [-0.2, -0.15) is 11.8 Å². The number of carboxylic acid groups (broad SMARTS) is 1. The molecule has 0 bridgehead atoms. The number of thioether (sulfide) groups is 1. The van der Waals surface area contributed by atoms with Gasteiger partial charge in [0.25, 0.3) is 0 Å². The van der Waals surface area contributed by atoms with Crippen molar-refractivity contribution in [1.29, 1.82) is 0 Å². The number of aliphatic carboxylic acids is 1. The van der Waals surface area contributed by atoms with Crippen molar-refractivity contribution in [1.82, 2.24) is 25.9 Å². The first-order valence-corrected chi connectivity index (χ1v) is 12.6. The number of carboxylic acids is 1. The summed E-state index contributed by atoms with van der Waals surface area (Å²) in [5, 5.41) is 26.3. The topological polar surface area (TPSA) is 200 Å². The van der Waals surface area contributed by atoms with Crippen molar-refractivity contribution >= 4 is 35.5 Å². The zero-order chi connectivity index (χ0) is 26.7. The lowest BCUT2D eigenvalue weighted by Gasteiger charge is -2.24. The molecule has 0 aliphatic heterocycles. The summed E-state index contributed by atoms with van der Waals surface area (Å²) < 4.78 is 0. The molecule has 4 atom stereocenters. The average molecular weight is 521 g/mol. The number of H-pyrrole nitrogens is 1. The predicted molar refractivity (Wildman–Crippen MR) is 134 cm³/mol. The number of nitrogens with two attached hydrogens (primary N) is 1. The molecule has 1 aromatic heterocycles. The van der Waals surface area contributed by atoms with Gasteiger partial charge in [0.05, 0.1) is 12.4 Å². The molecule has 0 fully saturated rings. The van der Waals surface area contributed by atoms with E-state index in [4.69, 9.17) is 10.8 Å². The van der Waals surface area contributed by atoms with E-state index in [1.54, 1.807) is 12.1 Å². The van der Waals surface area contributed by atoms with Gasteiger partial charge in [-0.3, -0.25) is 19.2 Å². The quantitative estimate of drug-likeness (QED) is 0.172. The monoisotopic (exact) mass is 520 g/mol. The summed E-state index contributed by atoms with van der Waals surface area (Å²) in [7, 11) is 0. The zero-order valence-electron chi connectivity index (χ0n) is 20.1. The molecule has 1 aromatic carbocycles. The number of imidazole rings is 1. The van der Waals surface area contributed by atoms with Crippen LogP contribution in [0.25, 0.3) is 0 Å². The summed E-state index contributed by atoms with van der Waals surface area (Å²) in [6, 6.07) is 1.89. The number of carbonyl (C=O) groups excluding carboxylic acids is 3. The molecule has 4 unspecified atom stereocenters. The number of rotatable bonds is 14. The van der Waals surface area contributed by atoms with E-state index in [-0.39, 0.29) is 18.6 Å². The highest BCUT2D eigenvalue weighted by molar-refractivity contribution is 7.98. The third kappa shape index (κ3) is 9.23. The van der Waals surface area contributed by atoms with Crippen LogP contribution in [0, 0.1) is 0 Å². The molecule has 1 heterocycles. The minimum atomic E-state index is -1.23. The molecule has 3 amide bonds. The first kappa shape index (κ1) is 28.7. The molecule has 8 N–H and O–H groups in total. The Balaban J connectivity index is 2.23. The molecular formula is C23H32N6O6S. The normalized spacial score (nSPS) is 14.2. The lowest BCUT2D eigenvalue weighted by Crippen LogP contribution is -2.58. The second kappa shape index (κ2) is 14.1. The number of aromatic hydroxyl groups is 1. The van der Waals surface area contributed by atoms with Crippen molar-refractivity contribution in [3.05, 3.63) is 48.0 Å². The van der Waals surface area contributed by atoms with E-state index in [1.807, 2.05) is 6.26 Å². The first-order chi connectivity index (χ1) is 17.1. The van der Waals surface area contributed by atoms with Crippen LogP contribution in [-0.4, -0.2) is 80.0 Å².